The molecule has 1 unspecified atom stereocenters. The molecule has 2 amide bonds. The van der Waals surface area contributed by atoms with Crippen molar-refractivity contribution in [2.45, 2.75) is 33.1 Å². The first-order valence-corrected chi connectivity index (χ1v) is 9.56. The summed E-state index contributed by atoms with van der Waals surface area (Å²) in [5.41, 5.74) is 2.69. The molecule has 1 N–H and O–H groups in total. The predicted molar refractivity (Wildman–Crippen MR) is 107 cm³/mol. The molecular weight excluding hydrogens is 370 g/mol. The number of anilines is 1. The number of rotatable bonds is 4. The van der Waals surface area contributed by atoms with Crippen LogP contribution in [-0.4, -0.2) is 39.1 Å². The average molecular weight is 393 g/mol. The number of pyridine rings is 1. The van der Waals surface area contributed by atoms with Gasteiger partial charge in [0.15, 0.2) is 5.82 Å². The number of carbonyl (C=O) groups excluding carboxylic acids is 1. The van der Waals surface area contributed by atoms with Gasteiger partial charge < -0.3 is 19.5 Å². The maximum atomic E-state index is 12.8. The van der Waals surface area contributed by atoms with Crippen molar-refractivity contribution in [2.24, 2.45) is 0 Å². The quantitative estimate of drug-likeness (QED) is 0.714. The van der Waals surface area contributed by atoms with Gasteiger partial charge in [-0.05, 0) is 56.5 Å². The van der Waals surface area contributed by atoms with E-state index in [0.29, 0.717) is 42.1 Å². The summed E-state index contributed by atoms with van der Waals surface area (Å²) in [4.78, 5) is 23.1. The molecule has 3 heterocycles. The minimum Gasteiger partial charge on any atom is -0.437 e. The summed E-state index contributed by atoms with van der Waals surface area (Å²) in [5, 5.41) is 6.75. The molecule has 1 aromatic carbocycles. The van der Waals surface area contributed by atoms with Crippen molar-refractivity contribution in [3.05, 3.63) is 59.4 Å². The van der Waals surface area contributed by atoms with Gasteiger partial charge in [0.05, 0.1) is 5.92 Å². The van der Waals surface area contributed by atoms with Crippen molar-refractivity contribution >= 4 is 11.7 Å². The summed E-state index contributed by atoms with van der Waals surface area (Å²) in [7, 11) is 0. The van der Waals surface area contributed by atoms with E-state index in [1.165, 1.54) is 0 Å². The summed E-state index contributed by atoms with van der Waals surface area (Å²) in [6.45, 7) is 6.95. The Bertz CT molecular complexity index is 1030. The van der Waals surface area contributed by atoms with Gasteiger partial charge in [-0.25, -0.2) is 9.78 Å². The first-order valence-electron chi connectivity index (χ1n) is 9.56. The Morgan fingerprint density at radius 2 is 2.10 bits per heavy atom. The lowest BCUT2D eigenvalue weighted by Gasteiger charge is -2.18. The molecule has 0 bridgehead atoms. The lowest BCUT2D eigenvalue weighted by Crippen LogP contribution is -2.33. The molecule has 2 aromatic heterocycles. The van der Waals surface area contributed by atoms with Gasteiger partial charge >= 0.3 is 6.03 Å². The second kappa shape index (κ2) is 7.90. The highest BCUT2D eigenvalue weighted by molar-refractivity contribution is 5.90. The van der Waals surface area contributed by atoms with Crippen LogP contribution in [0.2, 0.25) is 0 Å². The van der Waals surface area contributed by atoms with E-state index >= 15 is 0 Å². The molecule has 29 heavy (non-hydrogen) atoms. The first-order chi connectivity index (χ1) is 14.0. The van der Waals surface area contributed by atoms with Gasteiger partial charge in [0.2, 0.25) is 11.8 Å². The summed E-state index contributed by atoms with van der Waals surface area (Å²) in [5.74, 6) is 2.32. The molecular formula is C21H23N5O3. The minimum absolute atomic E-state index is 0.0570. The molecule has 8 nitrogen and oxygen atoms in total. The van der Waals surface area contributed by atoms with Gasteiger partial charge in [0.1, 0.15) is 11.4 Å². The van der Waals surface area contributed by atoms with Crippen molar-refractivity contribution in [1.29, 1.82) is 0 Å². The molecule has 1 atom stereocenters. The lowest BCUT2D eigenvalue weighted by molar-refractivity contribution is 0.221. The number of urea groups is 1. The molecule has 1 aliphatic rings. The number of aryl methyl sites for hydroxylation is 2. The van der Waals surface area contributed by atoms with E-state index in [9.17, 15) is 4.79 Å². The number of hydrogen-bond donors (Lipinski definition) is 1. The van der Waals surface area contributed by atoms with E-state index in [-0.39, 0.29) is 11.9 Å². The number of nitrogens with zero attached hydrogens (tertiary/aromatic N) is 4. The minimum atomic E-state index is -0.206. The van der Waals surface area contributed by atoms with Gasteiger partial charge in [0, 0.05) is 19.3 Å². The monoisotopic (exact) mass is 393 g/mol. The van der Waals surface area contributed by atoms with Crippen molar-refractivity contribution in [2.75, 3.05) is 18.4 Å². The van der Waals surface area contributed by atoms with E-state index in [4.69, 9.17) is 9.26 Å². The van der Waals surface area contributed by atoms with Gasteiger partial charge in [0.25, 0.3) is 0 Å². The highest BCUT2D eigenvalue weighted by Crippen LogP contribution is 2.31. The van der Waals surface area contributed by atoms with Crippen LogP contribution in [-0.2, 0) is 0 Å². The summed E-state index contributed by atoms with van der Waals surface area (Å²) < 4.78 is 11.3. The van der Waals surface area contributed by atoms with Crippen LogP contribution in [0, 0.1) is 20.8 Å². The summed E-state index contributed by atoms with van der Waals surface area (Å²) in [6, 6.07) is 9.18. The fourth-order valence-electron chi connectivity index (χ4n) is 3.33. The van der Waals surface area contributed by atoms with Crippen LogP contribution in [0.3, 0.4) is 0 Å². The molecule has 150 valence electrons. The first kappa shape index (κ1) is 18.9. The van der Waals surface area contributed by atoms with Crippen LogP contribution < -0.4 is 10.1 Å². The number of benzene rings is 1. The number of amides is 2. The fraction of sp³-hybridized carbons (Fsp3) is 0.333. The molecule has 1 aliphatic heterocycles. The van der Waals surface area contributed by atoms with Crippen LogP contribution in [0.1, 0.15) is 35.2 Å². The molecule has 8 heteroatoms. The molecule has 0 saturated carbocycles. The van der Waals surface area contributed by atoms with Gasteiger partial charge in [-0.1, -0.05) is 17.3 Å². The van der Waals surface area contributed by atoms with E-state index in [1.807, 2.05) is 32.0 Å². The molecule has 0 aliphatic carbocycles. The Hall–Kier alpha value is -3.42. The van der Waals surface area contributed by atoms with E-state index < -0.39 is 0 Å². The second-order valence-corrected chi connectivity index (χ2v) is 7.20. The Morgan fingerprint density at radius 3 is 2.90 bits per heavy atom. The van der Waals surface area contributed by atoms with Crippen LogP contribution in [0.25, 0.3) is 0 Å². The van der Waals surface area contributed by atoms with Crippen LogP contribution in [0.15, 0.2) is 41.1 Å². The van der Waals surface area contributed by atoms with Gasteiger partial charge in [-0.2, -0.15) is 4.98 Å². The van der Waals surface area contributed by atoms with E-state index in [2.05, 4.69) is 20.4 Å². The average Bonchev–Trinajstić information content (AvgIpc) is 3.36. The van der Waals surface area contributed by atoms with Crippen LogP contribution in [0.5, 0.6) is 11.6 Å². The molecule has 0 radical (unpaired) electrons. The van der Waals surface area contributed by atoms with Crippen molar-refractivity contribution in [1.82, 2.24) is 20.0 Å². The Balaban J connectivity index is 1.46. The third kappa shape index (κ3) is 4.06. The number of likely N-dealkylation sites (tertiary alicyclic amines) is 1. The number of hydrogen-bond acceptors (Lipinski definition) is 6. The SMILES string of the molecule is Cc1noc(C2CCN(C(=O)Nc3cccnc3Oc3cccc(C)c3C)C2)n1. The van der Waals surface area contributed by atoms with Crippen LogP contribution in [0.4, 0.5) is 10.5 Å². The largest absolute Gasteiger partial charge is 0.437 e. The molecule has 1 fully saturated rings. The Kier molecular flexibility index (Phi) is 5.16. The summed E-state index contributed by atoms with van der Waals surface area (Å²) >= 11 is 0. The Labute approximate surface area is 168 Å². The Morgan fingerprint density at radius 1 is 1.24 bits per heavy atom. The maximum absolute atomic E-state index is 12.8. The zero-order valence-electron chi connectivity index (χ0n) is 16.7. The highest BCUT2D eigenvalue weighted by Gasteiger charge is 2.31. The third-order valence-electron chi connectivity index (χ3n) is 5.14. The molecule has 0 spiro atoms. The predicted octanol–water partition coefficient (Wildman–Crippen LogP) is 4.20. The third-order valence-corrected chi connectivity index (χ3v) is 5.14. The van der Waals surface area contributed by atoms with E-state index in [0.717, 1.165) is 17.5 Å². The van der Waals surface area contributed by atoms with Gasteiger partial charge in [-0.3, -0.25) is 0 Å². The van der Waals surface area contributed by atoms with Gasteiger partial charge in [-0.15, -0.1) is 0 Å². The number of ether oxygens (including phenoxy) is 1. The van der Waals surface area contributed by atoms with Crippen molar-refractivity contribution < 1.29 is 14.1 Å². The lowest BCUT2D eigenvalue weighted by atomic mass is 10.1. The van der Waals surface area contributed by atoms with E-state index in [1.54, 1.807) is 30.2 Å². The van der Waals surface area contributed by atoms with Crippen molar-refractivity contribution in [3.8, 4) is 11.6 Å². The highest BCUT2D eigenvalue weighted by atomic mass is 16.5. The second-order valence-electron chi connectivity index (χ2n) is 7.20. The standard InChI is InChI=1S/C21H23N5O3/c1-13-6-4-8-18(14(13)2)28-20-17(7-5-10-22-20)24-21(27)26-11-9-16(12-26)19-23-15(3)25-29-19/h4-8,10,16H,9,11-12H2,1-3H3,(H,24,27). The summed E-state index contributed by atoms with van der Waals surface area (Å²) in [6.07, 6.45) is 2.42. The normalized spacial score (nSPS) is 16.1. The molecule has 4 rings (SSSR count). The maximum Gasteiger partial charge on any atom is 0.322 e. The number of aromatic nitrogens is 3. The zero-order valence-corrected chi connectivity index (χ0v) is 16.7. The smallest absolute Gasteiger partial charge is 0.322 e. The molecule has 1 saturated heterocycles. The van der Waals surface area contributed by atoms with Crippen molar-refractivity contribution in [3.63, 3.8) is 0 Å². The zero-order chi connectivity index (χ0) is 20.4. The topological polar surface area (TPSA) is 93.4 Å². The van der Waals surface area contributed by atoms with Crippen LogP contribution >= 0.6 is 0 Å². The molecule has 3 aromatic rings. The fourth-order valence-corrected chi connectivity index (χ4v) is 3.33. The number of carbonyl (C=O) groups is 1. The number of nitrogens with one attached hydrogen (secondary N) is 1.